The molecule has 0 aromatic heterocycles. The number of hydrogen-bond acceptors (Lipinski definition) is 4. The van der Waals surface area contributed by atoms with E-state index in [4.69, 9.17) is 11.5 Å². The van der Waals surface area contributed by atoms with Gasteiger partial charge < -0.3 is 11.5 Å². The van der Waals surface area contributed by atoms with E-state index in [1.807, 2.05) is 6.07 Å². The normalized spacial score (nSPS) is 11.7. The molecule has 2 rings (SSSR count). The van der Waals surface area contributed by atoms with Gasteiger partial charge in [0.2, 0.25) is 0 Å². The summed E-state index contributed by atoms with van der Waals surface area (Å²) < 4.78 is 0. The van der Waals surface area contributed by atoms with Gasteiger partial charge in [-0.25, -0.2) is 4.99 Å². The van der Waals surface area contributed by atoms with Crippen molar-refractivity contribution < 1.29 is 4.92 Å². The van der Waals surface area contributed by atoms with Crippen molar-refractivity contribution in [2.75, 3.05) is 5.73 Å². The fraction of sp³-hybridized carbons (Fsp3) is 0. The molecule has 2 aromatic rings. The molecular formula is C15H14N4O2. The Bertz CT molecular complexity index is 706. The zero-order valence-electron chi connectivity index (χ0n) is 11.1. The number of benzene rings is 2. The second-order valence-corrected chi connectivity index (χ2v) is 4.30. The maximum atomic E-state index is 10.5. The fourth-order valence-electron chi connectivity index (χ4n) is 1.68. The van der Waals surface area contributed by atoms with Gasteiger partial charge in [-0.05, 0) is 35.9 Å². The summed E-state index contributed by atoms with van der Waals surface area (Å²) in [7, 11) is 0. The van der Waals surface area contributed by atoms with E-state index in [2.05, 4.69) is 4.99 Å². The second-order valence-electron chi connectivity index (χ2n) is 4.30. The topological polar surface area (TPSA) is 108 Å². The average molecular weight is 282 g/mol. The van der Waals surface area contributed by atoms with Crippen LogP contribution in [0.5, 0.6) is 0 Å². The minimum atomic E-state index is -0.441. The number of non-ortho nitro benzene ring substituents is 1. The van der Waals surface area contributed by atoms with Gasteiger partial charge in [-0.1, -0.05) is 12.1 Å². The Hall–Kier alpha value is -3.15. The third-order valence-corrected chi connectivity index (χ3v) is 2.77. The number of nitrogen functional groups attached to an aromatic ring is 1. The molecule has 106 valence electrons. The van der Waals surface area contributed by atoms with Gasteiger partial charge in [0.1, 0.15) is 5.84 Å². The highest BCUT2D eigenvalue weighted by Gasteiger charge is 2.02. The van der Waals surface area contributed by atoms with Crippen molar-refractivity contribution in [1.29, 1.82) is 0 Å². The van der Waals surface area contributed by atoms with Gasteiger partial charge in [0.05, 0.1) is 4.92 Å². The van der Waals surface area contributed by atoms with Gasteiger partial charge in [-0.15, -0.1) is 0 Å². The second kappa shape index (κ2) is 6.33. The summed E-state index contributed by atoms with van der Waals surface area (Å²) in [5.74, 6) is 0.348. The van der Waals surface area contributed by atoms with E-state index in [0.717, 1.165) is 11.1 Å². The first kappa shape index (κ1) is 14.3. The lowest BCUT2D eigenvalue weighted by Crippen LogP contribution is -2.12. The largest absolute Gasteiger partial charge is 0.399 e. The number of nitro groups is 1. The van der Waals surface area contributed by atoms with Crippen molar-refractivity contribution in [3.63, 3.8) is 0 Å². The maximum Gasteiger partial charge on any atom is 0.269 e. The molecule has 0 bridgehead atoms. The van der Waals surface area contributed by atoms with E-state index >= 15 is 0 Å². The molecule has 0 aliphatic carbocycles. The molecule has 6 nitrogen and oxygen atoms in total. The smallest absolute Gasteiger partial charge is 0.269 e. The first-order chi connectivity index (χ1) is 10.1. The predicted octanol–water partition coefficient (Wildman–Crippen LogP) is 2.55. The first-order valence-corrected chi connectivity index (χ1v) is 6.16. The van der Waals surface area contributed by atoms with Gasteiger partial charge in [0.15, 0.2) is 0 Å². The van der Waals surface area contributed by atoms with Crippen molar-refractivity contribution in [3.8, 4) is 0 Å². The summed E-state index contributed by atoms with van der Waals surface area (Å²) >= 11 is 0. The van der Waals surface area contributed by atoms with E-state index < -0.39 is 4.92 Å². The van der Waals surface area contributed by atoms with Gasteiger partial charge in [0.25, 0.3) is 5.69 Å². The van der Waals surface area contributed by atoms with Crippen LogP contribution in [0.15, 0.2) is 59.7 Å². The third-order valence-electron chi connectivity index (χ3n) is 2.77. The Morgan fingerprint density at radius 2 is 1.90 bits per heavy atom. The third kappa shape index (κ3) is 3.90. The number of hydrogen-bond donors (Lipinski definition) is 2. The van der Waals surface area contributed by atoms with E-state index in [-0.39, 0.29) is 5.69 Å². The molecule has 0 fully saturated rings. The van der Waals surface area contributed by atoms with Crippen LogP contribution in [0.4, 0.5) is 11.4 Å². The van der Waals surface area contributed by atoms with Crippen LogP contribution in [0.3, 0.4) is 0 Å². The lowest BCUT2D eigenvalue weighted by Gasteiger charge is -2.00. The van der Waals surface area contributed by atoms with Gasteiger partial charge in [-0.3, -0.25) is 10.1 Å². The molecule has 0 spiro atoms. The Balaban J connectivity index is 2.10. The summed E-state index contributed by atoms with van der Waals surface area (Å²) in [6.07, 6.45) is 3.25. The van der Waals surface area contributed by atoms with Crippen LogP contribution in [0, 0.1) is 10.1 Å². The molecule has 4 N–H and O–H groups in total. The first-order valence-electron chi connectivity index (χ1n) is 6.16. The SMILES string of the molecule is NC(=N/C=C/c1ccc([N+](=O)[O-])cc1)c1cccc(N)c1. The summed E-state index contributed by atoms with van der Waals surface area (Å²) in [5.41, 5.74) is 13.7. The molecule has 0 amide bonds. The number of amidine groups is 1. The van der Waals surface area contributed by atoms with Crippen LogP contribution in [0.2, 0.25) is 0 Å². The lowest BCUT2D eigenvalue weighted by molar-refractivity contribution is -0.384. The van der Waals surface area contributed by atoms with Crippen LogP contribution in [0.1, 0.15) is 11.1 Å². The number of nitro benzene ring substituents is 1. The van der Waals surface area contributed by atoms with E-state index in [9.17, 15) is 10.1 Å². The molecular weight excluding hydrogens is 268 g/mol. The minimum Gasteiger partial charge on any atom is -0.399 e. The highest BCUT2D eigenvalue weighted by Crippen LogP contribution is 2.13. The van der Waals surface area contributed by atoms with Gasteiger partial charge in [0, 0.05) is 29.6 Å². The number of nitrogens with zero attached hydrogens (tertiary/aromatic N) is 2. The van der Waals surface area contributed by atoms with Crippen molar-refractivity contribution in [3.05, 3.63) is 76.0 Å². The maximum absolute atomic E-state index is 10.5. The zero-order chi connectivity index (χ0) is 15.2. The molecule has 0 unspecified atom stereocenters. The molecule has 0 saturated carbocycles. The molecule has 0 aliphatic heterocycles. The van der Waals surface area contributed by atoms with E-state index in [1.165, 1.54) is 12.1 Å². The van der Waals surface area contributed by atoms with Crippen LogP contribution in [-0.4, -0.2) is 10.8 Å². The summed E-state index contributed by atoms with van der Waals surface area (Å²) in [6, 6.07) is 13.3. The van der Waals surface area contributed by atoms with Gasteiger partial charge >= 0.3 is 0 Å². The molecule has 6 heteroatoms. The molecule has 0 aliphatic rings. The zero-order valence-corrected chi connectivity index (χ0v) is 11.1. The number of nitrogens with two attached hydrogens (primary N) is 2. The lowest BCUT2D eigenvalue weighted by atomic mass is 10.2. The highest BCUT2D eigenvalue weighted by atomic mass is 16.6. The summed E-state index contributed by atoms with van der Waals surface area (Å²) in [6.45, 7) is 0. The quantitative estimate of drug-likeness (QED) is 0.295. The molecule has 0 heterocycles. The highest BCUT2D eigenvalue weighted by molar-refractivity contribution is 5.98. The predicted molar refractivity (Wildman–Crippen MR) is 83.7 cm³/mol. The molecule has 0 saturated heterocycles. The molecule has 2 aromatic carbocycles. The van der Waals surface area contributed by atoms with E-state index in [0.29, 0.717) is 11.5 Å². The van der Waals surface area contributed by atoms with Crippen LogP contribution >= 0.6 is 0 Å². The van der Waals surface area contributed by atoms with Crippen LogP contribution in [0.25, 0.3) is 6.08 Å². The Morgan fingerprint density at radius 1 is 1.19 bits per heavy atom. The van der Waals surface area contributed by atoms with Gasteiger partial charge in [-0.2, -0.15) is 0 Å². The number of anilines is 1. The van der Waals surface area contributed by atoms with Crippen molar-refractivity contribution >= 4 is 23.3 Å². The standard InChI is InChI=1S/C15H14N4O2/c16-13-3-1-2-12(10-13)15(17)18-9-8-11-4-6-14(7-5-11)19(20)21/h1-10H,16H2,(H2,17,18)/b9-8+. The number of aliphatic imine (C=N–C) groups is 1. The van der Waals surface area contributed by atoms with Crippen LogP contribution < -0.4 is 11.5 Å². The monoisotopic (exact) mass is 282 g/mol. The summed E-state index contributed by atoms with van der Waals surface area (Å²) in [5, 5.41) is 10.5. The molecule has 0 radical (unpaired) electrons. The van der Waals surface area contributed by atoms with Crippen molar-refractivity contribution in [1.82, 2.24) is 0 Å². The van der Waals surface area contributed by atoms with Crippen molar-refractivity contribution in [2.45, 2.75) is 0 Å². The molecule has 0 atom stereocenters. The Labute approximate surface area is 121 Å². The van der Waals surface area contributed by atoms with E-state index in [1.54, 1.807) is 42.6 Å². The fourth-order valence-corrected chi connectivity index (χ4v) is 1.68. The Kier molecular flexibility index (Phi) is 4.30. The number of rotatable bonds is 4. The van der Waals surface area contributed by atoms with Crippen LogP contribution in [-0.2, 0) is 0 Å². The van der Waals surface area contributed by atoms with Crippen molar-refractivity contribution in [2.24, 2.45) is 10.7 Å². The average Bonchev–Trinajstić information content (AvgIpc) is 2.47. The molecule has 21 heavy (non-hydrogen) atoms. The summed E-state index contributed by atoms with van der Waals surface area (Å²) in [4.78, 5) is 14.2. The Morgan fingerprint density at radius 3 is 2.52 bits per heavy atom. The minimum absolute atomic E-state index is 0.0509.